The number of aromatic nitrogens is 6. The van der Waals surface area contributed by atoms with Gasteiger partial charge in [-0.2, -0.15) is 10.2 Å². The van der Waals surface area contributed by atoms with Gasteiger partial charge in [0.1, 0.15) is 12.1 Å². The Kier molecular flexibility index (Phi) is 4.46. The summed E-state index contributed by atoms with van der Waals surface area (Å²) in [7, 11) is 0. The second-order valence-electron chi connectivity index (χ2n) is 7.31. The summed E-state index contributed by atoms with van der Waals surface area (Å²) in [6.45, 7) is 6.47. The molecule has 0 unspecified atom stereocenters. The van der Waals surface area contributed by atoms with Gasteiger partial charge in [-0.15, -0.1) is 0 Å². The van der Waals surface area contributed by atoms with Crippen LogP contribution in [0.3, 0.4) is 0 Å². The lowest BCUT2D eigenvalue weighted by Gasteiger charge is -2.34. The minimum Gasteiger partial charge on any atom is -0.379 e. The summed E-state index contributed by atoms with van der Waals surface area (Å²) in [4.78, 5) is 13.6. The maximum Gasteiger partial charge on any atom is 0.160 e. The zero-order chi connectivity index (χ0) is 18.1. The Balaban J connectivity index is 1.36. The van der Waals surface area contributed by atoms with Gasteiger partial charge in [-0.1, -0.05) is 0 Å². The van der Waals surface area contributed by atoms with Crippen molar-refractivity contribution in [3.8, 4) is 0 Å². The lowest BCUT2D eigenvalue weighted by molar-refractivity contribution is 0.0340. The molecule has 2 aliphatic heterocycles. The highest BCUT2D eigenvalue weighted by atomic mass is 16.5. The topological polar surface area (TPSA) is 98.9 Å². The first-order valence-corrected chi connectivity index (χ1v) is 9.60. The van der Waals surface area contributed by atoms with Crippen molar-refractivity contribution in [1.29, 1.82) is 0 Å². The van der Waals surface area contributed by atoms with Gasteiger partial charge in [-0.25, -0.2) is 9.97 Å². The lowest BCUT2D eigenvalue weighted by atomic mass is 9.92. The van der Waals surface area contributed by atoms with E-state index in [1.807, 2.05) is 12.4 Å². The Morgan fingerprint density at radius 3 is 2.89 bits per heavy atom. The van der Waals surface area contributed by atoms with Crippen molar-refractivity contribution in [2.24, 2.45) is 0 Å². The third-order valence-corrected chi connectivity index (χ3v) is 5.61. The molecule has 9 nitrogen and oxygen atoms in total. The van der Waals surface area contributed by atoms with Crippen LogP contribution in [0.4, 0.5) is 5.82 Å². The van der Waals surface area contributed by atoms with Gasteiger partial charge in [-0.3, -0.25) is 15.1 Å². The quantitative estimate of drug-likeness (QED) is 0.716. The molecule has 3 aromatic rings. The molecule has 5 heterocycles. The zero-order valence-corrected chi connectivity index (χ0v) is 15.3. The SMILES string of the molecule is c1nc(N2CCC[C@H](c3[nH]ncc3CN3CCOCC3)C2)c2cn[nH]c2n1. The molecular weight excluding hydrogens is 344 g/mol. The fourth-order valence-electron chi connectivity index (χ4n) is 4.21. The van der Waals surface area contributed by atoms with Crippen LogP contribution in [0.2, 0.25) is 0 Å². The third-order valence-electron chi connectivity index (χ3n) is 5.61. The molecule has 1 atom stereocenters. The highest BCUT2D eigenvalue weighted by Gasteiger charge is 2.27. The third kappa shape index (κ3) is 3.28. The average Bonchev–Trinajstić information content (AvgIpc) is 3.38. The first-order valence-electron chi connectivity index (χ1n) is 9.60. The molecular formula is C18H24N8O. The molecule has 0 radical (unpaired) electrons. The van der Waals surface area contributed by atoms with Crippen molar-refractivity contribution >= 4 is 16.9 Å². The van der Waals surface area contributed by atoms with Crippen LogP contribution in [0.5, 0.6) is 0 Å². The number of aromatic amines is 2. The normalized spacial score (nSPS) is 21.8. The molecule has 9 heteroatoms. The Bertz CT molecular complexity index is 900. The van der Waals surface area contributed by atoms with E-state index in [1.165, 1.54) is 11.3 Å². The van der Waals surface area contributed by atoms with Crippen LogP contribution in [-0.2, 0) is 11.3 Å². The number of fused-ring (bicyclic) bond motifs is 1. The molecule has 0 amide bonds. The number of nitrogens with one attached hydrogen (secondary N) is 2. The number of ether oxygens (including phenoxy) is 1. The number of hydrogen-bond acceptors (Lipinski definition) is 7. The first kappa shape index (κ1) is 16.6. The fourth-order valence-corrected chi connectivity index (χ4v) is 4.21. The Morgan fingerprint density at radius 1 is 1.07 bits per heavy atom. The molecule has 2 fully saturated rings. The van der Waals surface area contributed by atoms with Crippen molar-refractivity contribution in [3.63, 3.8) is 0 Å². The van der Waals surface area contributed by atoms with Crippen molar-refractivity contribution in [3.05, 3.63) is 30.0 Å². The van der Waals surface area contributed by atoms with Crippen LogP contribution in [0.15, 0.2) is 18.7 Å². The predicted molar refractivity (Wildman–Crippen MR) is 101 cm³/mol. The van der Waals surface area contributed by atoms with Crippen LogP contribution < -0.4 is 4.90 Å². The molecule has 0 spiro atoms. The van der Waals surface area contributed by atoms with Gasteiger partial charge in [0.15, 0.2) is 5.65 Å². The fraction of sp³-hybridized carbons (Fsp3) is 0.556. The van der Waals surface area contributed by atoms with E-state index in [4.69, 9.17) is 4.74 Å². The highest BCUT2D eigenvalue weighted by Crippen LogP contribution is 2.32. The summed E-state index contributed by atoms with van der Waals surface area (Å²) >= 11 is 0. The van der Waals surface area contributed by atoms with Crippen LogP contribution in [-0.4, -0.2) is 74.7 Å². The van der Waals surface area contributed by atoms with E-state index in [2.05, 4.69) is 40.2 Å². The van der Waals surface area contributed by atoms with Gasteiger partial charge in [0, 0.05) is 49.9 Å². The number of nitrogens with zero attached hydrogens (tertiary/aromatic N) is 6. The molecule has 0 bridgehead atoms. The molecule has 0 saturated carbocycles. The summed E-state index contributed by atoms with van der Waals surface area (Å²) in [6.07, 6.45) is 7.70. The van der Waals surface area contributed by atoms with E-state index >= 15 is 0 Å². The molecule has 2 saturated heterocycles. The van der Waals surface area contributed by atoms with Crippen molar-refractivity contribution in [2.75, 3.05) is 44.3 Å². The Labute approximate surface area is 157 Å². The lowest BCUT2D eigenvalue weighted by Crippen LogP contribution is -2.37. The summed E-state index contributed by atoms with van der Waals surface area (Å²) < 4.78 is 5.47. The summed E-state index contributed by atoms with van der Waals surface area (Å²) in [5.74, 6) is 1.39. The Hall–Kier alpha value is -2.52. The smallest absolute Gasteiger partial charge is 0.160 e. The van der Waals surface area contributed by atoms with Gasteiger partial charge in [0.25, 0.3) is 0 Å². The van der Waals surface area contributed by atoms with Gasteiger partial charge < -0.3 is 9.64 Å². The highest BCUT2D eigenvalue weighted by molar-refractivity contribution is 5.86. The van der Waals surface area contributed by atoms with E-state index in [0.717, 1.165) is 75.6 Å². The number of piperidine rings is 1. The molecule has 3 aromatic heterocycles. The van der Waals surface area contributed by atoms with E-state index < -0.39 is 0 Å². The standard InChI is InChI=1S/C18H24N8O/c1-2-13(16-14(8-21-23-16)10-25-4-6-27-7-5-25)11-26(3-1)18-15-9-22-24-17(15)19-12-20-18/h8-9,12-13H,1-7,10-11H2,(H,21,23)(H,19,20,22,24)/t13-/m0/s1. The zero-order valence-electron chi connectivity index (χ0n) is 15.3. The first-order chi connectivity index (χ1) is 13.4. The van der Waals surface area contributed by atoms with E-state index in [9.17, 15) is 0 Å². The molecule has 142 valence electrons. The van der Waals surface area contributed by atoms with Gasteiger partial charge in [0.2, 0.25) is 0 Å². The minimum absolute atomic E-state index is 0.425. The van der Waals surface area contributed by atoms with E-state index in [1.54, 1.807) is 6.33 Å². The number of rotatable bonds is 4. The van der Waals surface area contributed by atoms with E-state index in [-0.39, 0.29) is 0 Å². The molecule has 27 heavy (non-hydrogen) atoms. The van der Waals surface area contributed by atoms with Crippen LogP contribution in [0.25, 0.3) is 11.0 Å². The van der Waals surface area contributed by atoms with Gasteiger partial charge in [0.05, 0.1) is 31.0 Å². The van der Waals surface area contributed by atoms with Crippen LogP contribution in [0, 0.1) is 0 Å². The monoisotopic (exact) mass is 368 g/mol. The van der Waals surface area contributed by atoms with Crippen molar-refractivity contribution in [1.82, 2.24) is 35.3 Å². The van der Waals surface area contributed by atoms with Crippen LogP contribution >= 0.6 is 0 Å². The number of H-pyrrole nitrogens is 2. The number of morpholine rings is 1. The second kappa shape index (κ2) is 7.24. The number of hydrogen-bond donors (Lipinski definition) is 2. The largest absolute Gasteiger partial charge is 0.379 e. The summed E-state index contributed by atoms with van der Waals surface area (Å²) in [6, 6.07) is 0. The number of anilines is 1. The van der Waals surface area contributed by atoms with Gasteiger partial charge in [-0.05, 0) is 12.8 Å². The maximum atomic E-state index is 5.47. The minimum atomic E-state index is 0.425. The summed E-state index contributed by atoms with van der Waals surface area (Å²) in [5, 5.41) is 15.7. The van der Waals surface area contributed by atoms with Crippen LogP contribution in [0.1, 0.15) is 30.0 Å². The Morgan fingerprint density at radius 2 is 1.96 bits per heavy atom. The van der Waals surface area contributed by atoms with Crippen molar-refractivity contribution in [2.45, 2.75) is 25.3 Å². The summed E-state index contributed by atoms with van der Waals surface area (Å²) in [5.41, 5.74) is 3.36. The van der Waals surface area contributed by atoms with Crippen molar-refractivity contribution < 1.29 is 4.74 Å². The molecule has 5 rings (SSSR count). The molecule has 0 aliphatic carbocycles. The molecule has 0 aromatic carbocycles. The maximum absolute atomic E-state index is 5.47. The second-order valence-corrected chi connectivity index (χ2v) is 7.31. The molecule has 2 N–H and O–H groups in total. The van der Waals surface area contributed by atoms with E-state index in [0.29, 0.717) is 5.92 Å². The average molecular weight is 368 g/mol. The predicted octanol–water partition coefficient (Wildman–Crippen LogP) is 1.29. The van der Waals surface area contributed by atoms with Gasteiger partial charge >= 0.3 is 0 Å². The molecule has 2 aliphatic rings.